The van der Waals surface area contributed by atoms with Gasteiger partial charge >= 0.3 is 7.82 Å². The van der Waals surface area contributed by atoms with Crippen molar-refractivity contribution in [3.05, 3.63) is 0 Å². The van der Waals surface area contributed by atoms with Crippen molar-refractivity contribution in [2.75, 3.05) is 26.4 Å². The van der Waals surface area contributed by atoms with Gasteiger partial charge in [0.25, 0.3) is 0 Å². The van der Waals surface area contributed by atoms with Gasteiger partial charge in [0.1, 0.15) is 0 Å². The van der Waals surface area contributed by atoms with E-state index in [1.807, 2.05) is 0 Å². The van der Waals surface area contributed by atoms with E-state index in [1.165, 1.54) is 0 Å². The second kappa shape index (κ2) is 7.74. The molecule has 6 nitrogen and oxygen atoms in total. The number of phosphoric ester groups is 1. The minimum Gasteiger partial charge on any atom is -0.354 e. The molecule has 108 valence electrons. The monoisotopic (exact) mass is 297 g/mol. The third-order valence-corrected chi connectivity index (χ3v) is 5.64. The maximum absolute atomic E-state index is 12.4. The van der Waals surface area contributed by atoms with Gasteiger partial charge < -0.3 is 10.5 Å². The van der Waals surface area contributed by atoms with Crippen molar-refractivity contribution in [2.45, 2.75) is 38.0 Å². The van der Waals surface area contributed by atoms with Gasteiger partial charge in [-0.25, -0.2) is 4.57 Å². The van der Waals surface area contributed by atoms with Gasteiger partial charge in [0.15, 0.2) is 5.41 Å². The van der Waals surface area contributed by atoms with Gasteiger partial charge in [0.05, 0.1) is 23.5 Å². The number of nitrogens with two attached hydrogens (primary N) is 1. The number of phosphoric acid groups is 1. The Kier molecular flexibility index (Phi) is 7.01. The molecule has 0 aromatic rings. The maximum Gasteiger partial charge on any atom is 0.477 e. The summed E-state index contributed by atoms with van der Waals surface area (Å²) in [5.41, 5.74) is 4.63. The summed E-state index contributed by atoms with van der Waals surface area (Å²) in [5, 5.41) is 0. The zero-order chi connectivity index (χ0) is 13.5. The highest BCUT2D eigenvalue weighted by atomic mass is 31.2. The molecule has 0 radical (unpaired) electrons. The fourth-order valence-corrected chi connectivity index (χ4v) is 4.42. The van der Waals surface area contributed by atoms with Crippen LogP contribution in [0.15, 0.2) is 0 Å². The van der Waals surface area contributed by atoms with Gasteiger partial charge in [0, 0.05) is 6.61 Å². The average molecular weight is 297 g/mol. The molecule has 0 spiro atoms. The summed E-state index contributed by atoms with van der Waals surface area (Å²) in [6.45, 7) is 3.42. The Hall–Kier alpha value is 0.247. The van der Waals surface area contributed by atoms with Crippen LogP contribution < -0.4 is 5.73 Å². The van der Waals surface area contributed by atoms with Crippen molar-refractivity contribution in [1.82, 2.24) is 0 Å². The molecule has 0 bridgehead atoms. The molecule has 2 unspecified atom stereocenters. The van der Waals surface area contributed by atoms with E-state index < -0.39 is 13.2 Å². The molecule has 0 saturated carbocycles. The van der Waals surface area contributed by atoms with E-state index in [2.05, 4.69) is 0 Å². The molecule has 18 heavy (non-hydrogen) atoms. The Morgan fingerprint density at radius 3 is 2.78 bits per heavy atom. The van der Waals surface area contributed by atoms with Crippen LogP contribution in [0.3, 0.4) is 0 Å². The molecule has 0 aromatic carbocycles. The Balaban J connectivity index is 2.56. The molecule has 1 aliphatic rings. The first-order chi connectivity index (χ1) is 8.54. The lowest BCUT2D eigenvalue weighted by Crippen LogP contribution is -2.39. The lowest BCUT2D eigenvalue weighted by atomic mass is 10.2. The Morgan fingerprint density at radius 1 is 1.44 bits per heavy atom. The average Bonchev–Trinajstić information content (AvgIpc) is 2.29. The van der Waals surface area contributed by atoms with Crippen molar-refractivity contribution in [3.8, 4) is 0 Å². The van der Waals surface area contributed by atoms with Crippen molar-refractivity contribution >= 4 is 18.1 Å². The zero-order valence-electron chi connectivity index (χ0n) is 11.2. The highest BCUT2D eigenvalue weighted by Gasteiger charge is 2.39. The standard InChI is InChI=1S/C10H24NO5PSi/c1-2-14-17(12,15-9-5-7-11)16-10(18)6-3-4-8-13-10/h2-9,11H2,1,18H3. The highest BCUT2D eigenvalue weighted by Crippen LogP contribution is 2.53. The Morgan fingerprint density at radius 2 is 2.22 bits per heavy atom. The predicted molar refractivity (Wildman–Crippen MR) is 72.4 cm³/mol. The van der Waals surface area contributed by atoms with Gasteiger partial charge in [0.2, 0.25) is 0 Å². The van der Waals surface area contributed by atoms with Crippen LogP contribution in [0, 0.1) is 0 Å². The highest BCUT2D eigenvalue weighted by molar-refractivity contribution is 7.48. The molecule has 1 fully saturated rings. The van der Waals surface area contributed by atoms with E-state index in [-0.39, 0.29) is 13.2 Å². The van der Waals surface area contributed by atoms with E-state index in [0.29, 0.717) is 29.8 Å². The molecule has 0 aliphatic carbocycles. The molecule has 0 aromatic heterocycles. The number of hydrogen-bond acceptors (Lipinski definition) is 6. The summed E-state index contributed by atoms with van der Waals surface area (Å²) in [5.74, 6) is 0. The molecule has 1 saturated heterocycles. The topological polar surface area (TPSA) is 80.0 Å². The molecular weight excluding hydrogens is 273 g/mol. The van der Waals surface area contributed by atoms with Crippen LogP contribution in [0.25, 0.3) is 0 Å². The van der Waals surface area contributed by atoms with Crippen LogP contribution in [0.2, 0.25) is 0 Å². The SMILES string of the molecule is CCOP(=O)(OCCCN)OC1([SiH3])CCCCO1. The largest absolute Gasteiger partial charge is 0.477 e. The fraction of sp³-hybridized carbons (Fsp3) is 1.00. The van der Waals surface area contributed by atoms with E-state index in [1.54, 1.807) is 6.92 Å². The first-order valence-electron chi connectivity index (χ1n) is 6.47. The molecular formula is C10H24NO5PSi. The van der Waals surface area contributed by atoms with Crippen molar-refractivity contribution in [1.29, 1.82) is 0 Å². The van der Waals surface area contributed by atoms with Gasteiger partial charge in [-0.1, -0.05) is 0 Å². The molecule has 1 aliphatic heterocycles. The normalized spacial score (nSPS) is 28.1. The quantitative estimate of drug-likeness (QED) is 0.404. The van der Waals surface area contributed by atoms with Crippen LogP contribution in [0.1, 0.15) is 32.6 Å². The molecule has 8 heteroatoms. The number of ether oxygens (including phenoxy) is 1. The smallest absolute Gasteiger partial charge is 0.354 e. The first kappa shape index (κ1) is 16.3. The fourth-order valence-electron chi connectivity index (χ4n) is 1.72. The van der Waals surface area contributed by atoms with Crippen molar-refractivity contribution in [3.63, 3.8) is 0 Å². The molecule has 1 rings (SSSR count). The maximum atomic E-state index is 12.4. The third kappa shape index (κ3) is 5.48. The summed E-state index contributed by atoms with van der Waals surface area (Å²) < 4.78 is 34.0. The van der Waals surface area contributed by atoms with Crippen molar-refractivity contribution < 1.29 is 22.9 Å². The van der Waals surface area contributed by atoms with E-state index in [0.717, 1.165) is 19.3 Å². The van der Waals surface area contributed by atoms with E-state index in [9.17, 15) is 4.57 Å². The van der Waals surface area contributed by atoms with E-state index >= 15 is 0 Å². The minimum atomic E-state index is -3.53. The third-order valence-electron chi connectivity index (χ3n) is 2.62. The Labute approximate surface area is 112 Å². The second-order valence-corrected chi connectivity index (χ2v) is 7.49. The second-order valence-electron chi connectivity index (χ2n) is 4.37. The summed E-state index contributed by atoms with van der Waals surface area (Å²) >= 11 is 0. The zero-order valence-corrected chi connectivity index (χ0v) is 14.1. The molecule has 0 amide bonds. The van der Waals surface area contributed by atoms with Gasteiger partial charge in [-0.15, -0.1) is 0 Å². The van der Waals surface area contributed by atoms with Gasteiger partial charge in [-0.3, -0.25) is 13.6 Å². The lowest BCUT2D eigenvalue weighted by molar-refractivity contribution is -0.156. The summed E-state index contributed by atoms with van der Waals surface area (Å²) in [4.78, 5) is 0. The Bertz CT molecular complexity index is 285. The summed E-state index contributed by atoms with van der Waals surface area (Å²) in [6, 6.07) is 0. The number of rotatable bonds is 8. The minimum absolute atomic E-state index is 0.269. The molecule has 2 N–H and O–H groups in total. The van der Waals surface area contributed by atoms with Crippen LogP contribution in [-0.2, 0) is 22.9 Å². The van der Waals surface area contributed by atoms with Gasteiger partial charge in [-0.05, 0) is 39.2 Å². The summed E-state index contributed by atoms with van der Waals surface area (Å²) in [6.07, 6.45) is 3.39. The van der Waals surface area contributed by atoms with Crippen LogP contribution in [0.5, 0.6) is 0 Å². The van der Waals surface area contributed by atoms with Crippen LogP contribution in [0.4, 0.5) is 0 Å². The predicted octanol–water partition coefficient (Wildman–Crippen LogP) is 0.733. The van der Waals surface area contributed by atoms with Gasteiger partial charge in [-0.2, -0.15) is 0 Å². The number of hydrogen-bond donors (Lipinski definition) is 1. The van der Waals surface area contributed by atoms with E-state index in [4.69, 9.17) is 24.0 Å². The van der Waals surface area contributed by atoms with Crippen LogP contribution >= 0.6 is 7.82 Å². The first-order valence-corrected chi connectivity index (χ1v) is 8.93. The molecule has 2 atom stereocenters. The lowest BCUT2D eigenvalue weighted by Gasteiger charge is -2.35. The van der Waals surface area contributed by atoms with Crippen molar-refractivity contribution in [2.24, 2.45) is 5.73 Å². The van der Waals surface area contributed by atoms with Crippen LogP contribution in [-0.4, -0.2) is 42.0 Å². The molecule has 1 heterocycles. The summed E-state index contributed by atoms with van der Waals surface area (Å²) in [7, 11) is -2.90.